The van der Waals surface area contributed by atoms with Crippen molar-refractivity contribution in [3.05, 3.63) is 76.8 Å². The Balaban J connectivity index is 1.69. The lowest BCUT2D eigenvalue weighted by molar-refractivity contribution is -0.159. The quantitative estimate of drug-likeness (QED) is 0.585. The molecule has 4 rings (SSSR count). The van der Waals surface area contributed by atoms with Gasteiger partial charge in [0.1, 0.15) is 6.04 Å². The van der Waals surface area contributed by atoms with E-state index in [9.17, 15) is 14.7 Å². The number of nitrogens with zero attached hydrogens (tertiary/aromatic N) is 1. The molecule has 1 amide bonds. The third-order valence-electron chi connectivity index (χ3n) is 6.77. The Morgan fingerprint density at radius 1 is 1.06 bits per heavy atom. The van der Waals surface area contributed by atoms with Crippen LogP contribution >= 0.6 is 11.6 Å². The summed E-state index contributed by atoms with van der Waals surface area (Å²) in [5.41, 5.74) is 1.06. The molecule has 1 fully saturated rings. The second-order valence-corrected chi connectivity index (χ2v) is 8.92. The maximum absolute atomic E-state index is 14.0. The number of methoxy groups -OCH3 is 3. The number of halogens is 1. The summed E-state index contributed by atoms with van der Waals surface area (Å²) in [6.07, 6.45) is 6.46. The highest BCUT2D eigenvalue weighted by Crippen LogP contribution is 2.43. The number of rotatable bonds is 7. The summed E-state index contributed by atoms with van der Waals surface area (Å²) in [5, 5.41) is 10.4. The highest BCUT2D eigenvalue weighted by Gasteiger charge is 2.49. The molecule has 7 nitrogen and oxygen atoms in total. The van der Waals surface area contributed by atoms with E-state index in [1.54, 1.807) is 38.5 Å². The van der Waals surface area contributed by atoms with Crippen molar-refractivity contribution >= 4 is 29.1 Å². The van der Waals surface area contributed by atoms with E-state index in [2.05, 4.69) is 0 Å². The molecule has 2 aromatic rings. The first-order valence-corrected chi connectivity index (χ1v) is 11.7. The molecule has 1 heterocycles. The van der Waals surface area contributed by atoms with E-state index in [1.807, 2.05) is 36.4 Å². The average Bonchev–Trinajstić information content (AvgIpc) is 3.33. The van der Waals surface area contributed by atoms with E-state index in [0.29, 0.717) is 29.4 Å². The summed E-state index contributed by atoms with van der Waals surface area (Å²) in [4.78, 5) is 27.5. The molecule has 0 aromatic heterocycles. The van der Waals surface area contributed by atoms with Crippen LogP contribution in [0.15, 0.2) is 60.7 Å². The molecule has 1 aliphatic carbocycles. The first-order valence-electron chi connectivity index (χ1n) is 11.3. The van der Waals surface area contributed by atoms with Gasteiger partial charge in [-0.2, -0.15) is 0 Å². The van der Waals surface area contributed by atoms with Gasteiger partial charge in [-0.25, -0.2) is 4.79 Å². The van der Waals surface area contributed by atoms with Crippen molar-refractivity contribution in [2.45, 2.75) is 36.9 Å². The van der Waals surface area contributed by atoms with Crippen molar-refractivity contribution in [2.24, 2.45) is 0 Å². The Hall–Kier alpha value is -3.29. The number of ether oxygens (including phenoxy) is 3. The van der Waals surface area contributed by atoms with Crippen LogP contribution < -0.4 is 9.47 Å². The lowest BCUT2D eigenvalue weighted by Crippen LogP contribution is -2.53. The van der Waals surface area contributed by atoms with Crippen LogP contribution in [0.1, 0.15) is 36.4 Å². The Labute approximate surface area is 209 Å². The zero-order valence-electron chi connectivity index (χ0n) is 19.9. The summed E-state index contributed by atoms with van der Waals surface area (Å²) in [5.74, 6) is -0.260. The van der Waals surface area contributed by atoms with Crippen LogP contribution in [0.3, 0.4) is 0 Å². The number of amides is 1. The molecular weight excluding hydrogens is 470 g/mol. The topological polar surface area (TPSA) is 85.3 Å². The second kappa shape index (κ2) is 10.1. The molecule has 35 heavy (non-hydrogen) atoms. The van der Waals surface area contributed by atoms with Crippen LogP contribution in [0.5, 0.6) is 11.5 Å². The highest BCUT2D eigenvalue weighted by atomic mass is 35.5. The minimum absolute atomic E-state index is 0.229. The molecule has 2 aromatic carbocycles. The van der Waals surface area contributed by atoms with E-state index < -0.39 is 29.6 Å². The monoisotopic (exact) mass is 497 g/mol. The van der Waals surface area contributed by atoms with E-state index in [1.165, 1.54) is 12.0 Å². The van der Waals surface area contributed by atoms with Gasteiger partial charge in [-0.1, -0.05) is 54.1 Å². The van der Waals surface area contributed by atoms with Gasteiger partial charge in [-0.15, -0.1) is 0 Å². The van der Waals surface area contributed by atoms with Crippen LogP contribution in [-0.4, -0.2) is 54.9 Å². The predicted octanol–water partition coefficient (Wildman–Crippen LogP) is 4.90. The SMILES string of the molecule is COc1cccc(C2=CCC(OC)(C(=O)N3[C@@H](c4ccccc4Cl)CC[C@H]3C(=O)O)C=C2)c1OC. The maximum atomic E-state index is 14.0. The lowest BCUT2D eigenvalue weighted by atomic mass is 9.87. The third kappa shape index (κ3) is 4.42. The van der Waals surface area contributed by atoms with Gasteiger partial charge in [-0.05, 0) is 42.2 Å². The number of hydrogen-bond donors (Lipinski definition) is 1. The Morgan fingerprint density at radius 3 is 2.43 bits per heavy atom. The summed E-state index contributed by atoms with van der Waals surface area (Å²) >= 11 is 6.43. The zero-order valence-corrected chi connectivity index (χ0v) is 20.6. The first-order chi connectivity index (χ1) is 16.9. The van der Waals surface area contributed by atoms with Crippen LogP contribution in [0.4, 0.5) is 0 Å². The second-order valence-electron chi connectivity index (χ2n) is 8.51. The summed E-state index contributed by atoms with van der Waals surface area (Å²) in [6.45, 7) is 0. The van der Waals surface area contributed by atoms with Crippen molar-refractivity contribution in [3.63, 3.8) is 0 Å². The summed E-state index contributed by atoms with van der Waals surface area (Å²) < 4.78 is 16.7. The zero-order chi connectivity index (χ0) is 25.2. The molecule has 1 aliphatic heterocycles. The van der Waals surface area contributed by atoms with Crippen LogP contribution in [0, 0.1) is 0 Å². The van der Waals surface area contributed by atoms with Gasteiger partial charge in [0.05, 0.1) is 20.3 Å². The number of carbonyl (C=O) groups excluding carboxylic acids is 1. The average molecular weight is 498 g/mol. The molecular formula is C27H28ClNO6. The molecule has 0 saturated carbocycles. The minimum Gasteiger partial charge on any atom is -0.493 e. The van der Waals surface area contributed by atoms with Gasteiger partial charge in [0.15, 0.2) is 17.1 Å². The number of benzene rings is 2. The first kappa shape index (κ1) is 24.8. The Kier molecular flexibility index (Phi) is 7.19. The maximum Gasteiger partial charge on any atom is 0.326 e. The van der Waals surface area contributed by atoms with Crippen LogP contribution in [-0.2, 0) is 14.3 Å². The predicted molar refractivity (Wildman–Crippen MR) is 133 cm³/mol. The molecule has 1 unspecified atom stereocenters. The molecule has 1 N–H and O–H groups in total. The number of carbonyl (C=O) groups is 2. The standard InChI is InChI=1S/C27H28ClNO6/c1-33-23-10-6-8-18(24(23)34-2)17-13-15-27(35-3,16-14-17)26(32)29-21(11-12-22(29)25(30)31)19-7-4-5-9-20(19)28/h4-10,13-15,21-22H,11-12,16H2,1-3H3,(H,30,31)/t21-,22+,27?/m1/s1. The lowest BCUT2D eigenvalue weighted by Gasteiger charge is -2.38. The fourth-order valence-corrected chi connectivity index (χ4v) is 5.20. The molecule has 1 saturated heterocycles. The van der Waals surface area contributed by atoms with Crippen molar-refractivity contribution < 1.29 is 28.9 Å². The number of hydrogen-bond acceptors (Lipinski definition) is 5. The Morgan fingerprint density at radius 2 is 1.83 bits per heavy atom. The largest absolute Gasteiger partial charge is 0.493 e. The van der Waals surface area contributed by atoms with E-state index in [-0.39, 0.29) is 6.42 Å². The molecule has 0 spiro atoms. The minimum atomic E-state index is -1.34. The number of aliphatic carboxylic acids is 1. The fraction of sp³-hybridized carbons (Fsp3) is 0.333. The van der Waals surface area contributed by atoms with Crippen molar-refractivity contribution in [3.8, 4) is 11.5 Å². The van der Waals surface area contributed by atoms with E-state index in [4.69, 9.17) is 25.8 Å². The van der Waals surface area contributed by atoms with Crippen molar-refractivity contribution in [1.82, 2.24) is 4.90 Å². The smallest absolute Gasteiger partial charge is 0.326 e. The molecule has 0 radical (unpaired) electrons. The molecule has 8 heteroatoms. The normalized spacial score (nSPS) is 23.7. The van der Waals surface area contributed by atoms with Gasteiger partial charge in [0.2, 0.25) is 0 Å². The highest BCUT2D eigenvalue weighted by molar-refractivity contribution is 6.31. The molecule has 184 valence electrons. The van der Waals surface area contributed by atoms with Gasteiger partial charge in [0.25, 0.3) is 5.91 Å². The molecule has 3 atom stereocenters. The van der Waals surface area contributed by atoms with Crippen LogP contribution in [0.25, 0.3) is 5.57 Å². The van der Waals surface area contributed by atoms with E-state index in [0.717, 1.165) is 16.7 Å². The van der Waals surface area contributed by atoms with Gasteiger partial charge in [0, 0.05) is 24.1 Å². The number of carboxylic acids is 1. The fourth-order valence-electron chi connectivity index (χ4n) is 4.94. The Bertz CT molecular complexity index is 1190. The van der Waals surface area contributed by atoms with Crippen molar-refractivity contribution in [1.29, 1.82) is 0 Å². The molecule has 2 aliphatic rings. The number of allylic oxidation sites excluding steroid dienone is 2. The number of carboxylic acid groups (broad SMARTS) is 1. The van der Waals surface area contributed by atoms with Crippen molar-refractivity contribution in [2.75, 3.05) is 21.3 Å². The van der Waals surface area contributed by atoms with Crippen LogP contribution in [0.2, 0.25) is 5.02 Å². The summed E-state index contributed by atoms with van der Waals surface area (Å²) in [7, 11) is 4.61. The number of para-hydroxylation sites is 1. The molecule has 0 bridgehead atoms. The van der Waals surface area contributed by atoms with Gasteiger partial charge >= 0.3 is 5.97 Å². The van der Waals surface area contributed by atoms with Gasteiger partial charge in [-0.3, -0.25) is 4.79 Å². The van der Waals surface area contributed by atoms with Gasteiger partial charge < -0.3 is 24.2 Å². The third-order valence-corrected chi connectivity index (χ3v) is 7.11. The summed E-state index contributed by atoms with van der Waals surface area (Å²) in [6, 6.07) is 11.4. The van der Waals surface area contributed by atoms with E-state index >= 15 is 0 Å². The number of likely N-dealkylation sites (tertiary alicyclic amines) is 1.